The van der Waals surface area contributed by atoms with Crippen LogP contribution in [0.3, 0.4) is 0 Å². The molecule has 2 aromatic heterocycles. The van der Waals surface area contributed by atoms with Crippen LogP contribution in [0, 0.1) is 0 Å². The van der Waals surface area contributed by atoms with Crippen LogP contribution in [0.15, 0.2) is 94.4 Å². The number of allylic oxidation sites excluding steroid dienone is 1. The van der Waals surface area contributed by atoms with Crippen LogP contribution in [0.2, 0.25) is 0 Å². The average Bonchev–Trinajstić information content (AvgIpc) is 3.33. The van der Waals surface area contributed by atoms with Crippen molar-refractivity contribution in [3.05, 3.63) is 89.7 Å². The van der Waals surface area contributed by atoms with Crippen LogP contribution in [-0.4, -0.2) is 44.2 Å². The van der Waals surface area contributed by atoms with Gasteiger partial charge in [0.2, 0.25) is 0 Å². The van der Waals surface area contributed by atoms with Crippen LogP contribution < -0.4 is 10.2 Å². The second-order valence-corrected chi connectivity index (χ2v) is 8.71. The molecular formula is C26H23ClN6O2S. The Bertz CT molecular complexity index is 1340. The van der Waals surface area contributed by atoms with Gasteiger partial charge in [0.05, 0.1) is 23.6 Å². The average molecular weight is 519 g/mol. The Morgan fingerprint density at radius 1 is 1.11 bits per heavy atom. The molecule has 0 saturated carbocycles. The molecule has 8 nitrogen and oxygen atoms in total. The van der Waals surface area contributed by atoms with Crippen molar-refractivity contribution in [2.45, 2.75) is 12.1 Å². The van der Waals surface area contributed by atoms with E-state index in [2.05, 4.69) is 25.7 Å². The predicted molar refractivity (Wildman–Crippen MR) is 143 cm³/mol. The molecule has 0 radical (unpaired) electrons. The van der Waals surface area contributed by atoms with E-state index < -0.39 is 0 Å². The Morgan fingerprint density at radius 2 is 1.92 bits per heavy atom. The summed E-state index contributed by atoms with van der Waals surface area (Å²) in [5.41, 5.74) is 5.07. The number of nitrogens with one attached hydrogen (secondary N) is 1. The molecule has 0 aliphatic rings. The van der Waals surface area contributed by atoms with Crippen molar-refractivity contribution in [2.75, 3.05) is 12.4 Å². The van der Waals surface area contributed by atoms with E-state index in [0.717, 1.165) is 22.6 Å². The number of carbonyl (C=O) groups is 1. The quantitative estimate of drug-likeness (QED) is 0.176. The highest BCUT2D eigenvalue weighted by atomic mass is 35.5. The molecule has 0 bridgehead atoms. The van der Waals surface area contributed by atoms with Crippen molar-refractivity contribution in [1.29, 1.82) is 0 Å². The molecule has 36 heavy (non-hydrogen) atoms. The first-order valence-electron chi connectivity index (χ1n) is 11.1. The minimum atomic E-state index is -0.301. The fraction of sp³-hybridized carbons (Fsp3) is 0.115. The molecule has 4 rings (SSSR count). The third-order valence-corrected chi connectivity index (χ3v) is 5.91. The van der Waals surface area contributed by atoms with Crippen molar-refractivity contribution < 1.29 is 9.53 Å². The lowest BCUT2D eigenvalue weighted by Crippen LogP contribution is -2.19. The number of amides is 1. The molecule has 0 aliphatic heterocycles. The molecule has 0 unspecified atom stereocenters. The molecule has 0 saturated heterocycles. The molecule has 182 valence electrons. The summed E-state index contributed by atoms with van der Waals surface area (Å²) in [5, 5.41) is 13.6. The number of hydrogen-bond acceptors (Lipinski definition) is 7. The summed E-state index contributed by atoms with van der Waals surface area (Å²) in [6.45, 7) is 2.52. The van der Waals surface area contributed by atoms with E-state index in [4.69, 9.17) is 16.3 Å². The van der Waals surface area contributed by atoms with Crippen LogP contribution in [-0.2, 0) is 4.79 Å². The predicted octanol–water partition coefficient (Wildman–Crippen LogP) is 5.20. The van der Waals surface area contributed by atoms with Gasteiger partial charge in [0.1, 0.15) is 5.75 Å². The third-order valence-electron chi connectivity index (χ3n) is 4.77. The zero-order valence-electron chi connectivity index (χ0n) is 19.4. The Morgan fingerprint density at radius 3 is 2.64 bits per heavy atom. The van der Waals surface area contributed by atoms with Crippen LogP contribution >= 0.6 is 23.4 Å². The minimum Gasteiger partial charge on any atom is -0.494 e. The summed E-state index contributed by atoms with van der Waals surface area (Å²) in [7, 11) is 0. The maximum absolute atomic E-state index is 12.4. The second-order valence-electron chi connectivity index (χ2n) is 7.33. The SMILES string of the molecule is CCOc1ccc(-n2c(SCC(=O)NN=CC(Cl)=Cc3ccccc3)nnc2-c2cccnc2)cc1. The summed E-state index contributed by atoms with van der Waals surface area (Å²) >= 11 is 7.42. The van der Waals surface area contributed by atoms with Gasteiger partial charge in [-0.2, -0.15) is 5.10 Å². The number of thioether (sulfide) groups is 1. The van der Waals surface area contributed by atoms with Gasteiger partial charge in [-0.3, -0.25) is 14.3 Å². The highest BCUT2D eigenvalue weighted by Crippen LogP contribution is 2.28. The van der Waals surface area contributed by atoms with Gasteiger partial charge >= 0.3 is 0 Å². The number of halogens is 1. The monoisotopic (exact) mass is 518 g/mol. The van der Waals surface area contributed by atoms with Gasteiger partial charge in [-0.05, 0) is 55.0 Å². The van der Waals surface area contributed by atoms with E-state index in [1.54, 1.807) is 18.5 Å². The molecule has 0 atom stereocenters. The van der Waals surface area contributed by atoms with E-state index in [-0.39, 0.29) is 11.7 Å². The van der Waals surface area contributed by atoms with Crippen molar-refractivity contribution in [1.82, 2.24) is 25.2 Å². The maximum Gasteiger partial charge on any atom is 0.250 e. The number of carbonyl (C=O) groups excluding carboxylic acids is 1. The molecule has 4 aromatic rings. The smallest absolute Gasteiger partial charge is 0.250 e. The molecule has 2 aromatic carbocycles. The molecule has 2 heterocycles. The van der Waals surface area contributed by atoms with Crippen molar-refractivity contribution in [3.63, 3.8) is 0 Å². The fourth-order valence-electron chi connectivity index (χ4n) is 3.21. The number of rotatable bonds is 10. The van der Waals surface area contributed by atoms with Gasteiger partial charge in [0, 0.05) is 23.6 Å². The number of pyridine rings is 1. The first kappa shape index (κ1) is 25.2. The zero-order valence-corrected chi connectivity index (χ0v) is 21.0. The molecule has 1 N–H and O–H groups in total. The standard InChI is InChI=1S/C26H23ClN6O2S/c1-2-35-23-12-10-22(11-13-23)33-25(20-9-6-14-28-16-20)31-32-26(33)36-18-24(34)30-29-17-21(27)15-19-7-4-3-5-8-19/h3-17H,2,18H2,1H3,(H,30,34). The van der Waals surface area contributed by atoms with Crippen LogP contribution in [0.4, 0.5) is 0 Å². The van der Waals surface area contributed by atoms with E-state index in [0.29, 0.717) is 22.6 Å². The zero-order chi connectivity index (χ0) is 25.2. The molecule has 0 spiro atoms. The highest BCUT2D eigenvalue weighted by Gasteiger charge is 2.17. The topological polar surface area (TPSA) is 94.3 Å². The minimum absolute atomic E-state index is 0.0829. The molecule has 1 amide bonds. The summed E-state index contributed by atoms with van der Waals surface area (Å²) in [6, 6.07) is 20.9. The lowest BCUT2D eigenvalue weighted by atomic mass is 10.2. The number of nitrogens with zero attached hydrogens (tertiary/aromatic N) is 5. The van der Waals surface area contributed by atoms with Gasteiger partial charge in [-0.25, -0.2) is 5.43 Å². The summed E-state index contributed by atoms with van der Waals surface area (Å²) in [6.07, 6.45) is 6.56. The Balaban J connectivity index is 1.46. The normalized spacial score (nSPS) is 11.6. The van der Waals surface area contributed by atoms with Gasteiger partial charge < -0.3 is 4.74 Å². The summed E-state index contributed by atoms with van der Waals surface area (Å²) in [5.74, 6) is 1.17. The largest absolute Gasteiger partial charge is 0.494 e. The van der Waals surface area contributed by atoms with E-state index >= 15 is 0 Å². The number of benzene rings is 2. The molecule has 0 aliphatic carbocycles. The Kier molecular flexibility index (Phi) is 8.85. The first-order valence-corrected chi connectivity index (χ1v) is 12.5. The number of ether oxygens (including phenoxy) is 1. The number of hydrazone groups is 1. The van der Waals surface area contributed by atoms with E-state index in [9.17, 15) is 4.79 Å². The van der Waals surface area contributed by atoms with Gasteiger partial charge in [0.15, 0.2) is 11.0 Å². The van der Waals surface area contributed by atoms with Gasteiger partial charge in [-0.1, -0.05) is 53.7 Å². The van der Waals surface area contributed by atoms with Crippen LogP contribution in [0.5, 0.6) is 5.75 Å². The van der Waals surface area contributed by atoms with Crippen LogP contribution in [0.25, 0.3) is 23.2 Å². The van der Waals surface area contributed by atoms with E-state index in [1.807, 2.05) is 78.2 Å². The third kappa shape index (κ3) is 6.80. The number of aromatic nitrogens is 4. The second kappa shape index (κ2) is 12.7. The highest BCUT2D eigenvalue weighted by molar-refractivity contribution is 7.99. The summed E-state index contributed by atoms with van der Waals surface area (Å²) in [4.78, 5) is 16.6. The van der Waals surface area contributed by atoms with E-state index in [1.165, 1.54) is 18.0 Å². The number of hydrogen-bond donors (Lipinski definition) is 1. The maximum atomic E-state index is 12.4. The molecular weight excluding hydrogens is 496 g/mol. The lowest BCUT2D eigenvalue weighted by Gasteiger charge is -2.11. The first-order chi connectivity index (χ1) is 17.6. The molecule has 10 heteroatoms. The van der Waals surface area contributed by atoms with Crippen molar-refractivity contribution >= 4 is 41.6 Å². The molecule has 0 fully saturated rings. The van der Waals surface area contributed by atoms with Crippen molar-refractivity contribution in [3.8, 4) is 22.8 Å². The fourth-order valence-corrected chi connectivity index (χ4v) is 4.13. The Labute approximate surface area is 218 Å². The lowest BCUT2D eigenvalue weighted by molar-refractivity contribution is -0.118. The van der Waals surface area contributed by atoms with Crippen molar-refractivity contribution in [2.24, 2.45) is 5.10 Å². The van der Waals surface area contributed by atoms with Gasteiger partial charge in [0.25, 0.3) is 5.91 Å². The Hall–Kier alpha value is -3.95. The van der Waals surface area contributed by atoms with Gasteiger partial charge in [-0.15, -0.1) is 10.2 Å². The van der Waals surface area contributed by atoms with Crippen LogP contribution in [0.1, 0.15) is 12.5 Å². The summed E-state index contributed by atoms with van der Waals surface area (Å²) < 4.78 is 7.44.